The standard InChI is InChI=1S/C52H68O7Si2/c1-49(2,3)61(41-19-13-9-14-20-41,42-21-15-10-16-22-42)59-34-37-27-28-52(56)48-44(53)30-38-29-43(60(6,7)40-17-11-8-12-18-40)31-46(55)51(38,47(48)45(54)32-50(37,52)4)35-58-33-36-23-25-39(57-5)26-24-36/h8-26,37-38,43,45-48,54-56H,27-35H2,1-7H3/t37-,38+,43-,45-,46-,47+,48-,50-,51-,52+/m1/s1. The van der Waals surface area contributed by atoms with E-state index in [0.717, 1.165) is 17.7 Å². The van der Waals surface area contributed by atoms with Gasteiger partial charge in [0.25, 0.3) is 8.32 Å². The molecule has 0 amide bonds. The van der Waals surface area contributed by atoms with E-state index in [-0.39, 0.29) is 41.2 Å². The summed E-state index contributed by atoms with van der Waals surface area (Å²) in [5.74, 6) is -0.982. The topological polar surface area (TPSA) is 105 Å². The molecule has 4 aliphatic rings. The molecule has 4 fully saturated rings. The highest BCUT2D eigenvalue weighted by atomic mass is 28.4. The first-order chi connectivity index (χ1) is 29.0. The summed E-state index contributed by atoms with van der Waals surface area (Å²) in [5, 5.41) is 42.6. The molecule has 9 heteroatoms. The number of rotatable bonds is 12. The van der Waals surface area contributed by atoms with Crippen molar-refractivity contribution in [1.82, 2.24) is 0 Å². The van der Waals surface area contributed by atoms with Crippen LogP contribution < -0.4 is 20.3 Å². The maximum absolute atomic E-state index is 15.1. The number of carbonyl (C=O) groups excluding carboxylic acids is 1. The van der Waals surface area contributed by atoms with Gasteiger partial charge in [-0.05, 0) is 82.6 Å². The highest BCUT2D eigenvalue weighted by molar-refractivity contribution is 6.99. The molecule has 0 radical (unpaired) electrons. The van der Waals surface area contributed by atoms with Crippen LogP contribution in [0.15, 0.2) is 115 Å². The predicted molar refractivity (Wildman–Crippen MR) is 248 cm³/mol. The lowest BCUT2D eigenvalue weighted by Gasteiger charge is -2.66. The van der Waals surface area contributed by atoms with Crippen molar-refractivity contribution in [2.24, 2.45) is 34.5 Å². The number of aliphatic hydroxyl groups is 3. The minimum absolute atomic E-state index is 0.0221. The van der Waals surface area contributed by atoms with Crippen molar-refractivity contribution in [2.45, 2.75) is 114 Å². The third-order valence-electron chi connectivity index (χ3n) is 16.8. The quantitative estimate of drug-likeness (QED) is 0.126. The number of aliphatic hydroxyl groups excluding tert-OH is 2. The first-order valence-corrected chi connectivity index (χ1v) is 27.6. The van der Waals surface area contributed by atoms with E-state index in [2.05, 4.69) is 114 Å². The van der Waals surface area contributed by atoms with Crippen molar-refractivity contribution in [1.29, 1.82) is 0 Å². The molecule has 4 aromatic rings. The number of hydrogen-bond donors (Lipinski definition) is 3. The molecular formula is C52H68O7Si2. The van der Waals surface area contributed by atoms with Crippen LogP contribution in [-0.2, 0) is 20.6 Å². The summed E-state index contributed by atoms with van der Waals surface area (Å²) in [5.41, 5.74) is -1.87. The Hall–Kier alpha value is -3.42. The Morgan fingerprint density at radius 2 is 1.38 bits per heavy atom. The van der Waals surface area contributed by atoms with Gasteiger partial charge in [-0.2, -0.15) is 0 Å². The number of ether oxygens (including phenoxy) is 2. The molecule has 7 nitrogen and oxygen atoms in total. The highest BCUT2D eigenvalue weighted by Crippen LogP contribution is 2.69. The van der Waals surface area contributed by atoms with Gasteiger partial charge in [0.05, 0.1) is 52.1 Å². The number of carbonyl (C=O) groups is 1. The Labute approximate surface area is 366 Å². The molecule has 0 heterocycles. The third-order valence-corrected chi connectivity index (χ3v) is 26.1. The summed E-state index contributed by atoms with van der Waals surface area (Å²) >= 11 is 0. The van der Waals surface area contributed by atoms with Crippen LogP contribution in [0.3, 0.4) is 0 Å². The van der Waals surface area contributed by atoms with Gasteiger partial charge < -0.3 is 29.2 Å². The molecule has 0 saturated heterocycles. The normalized spacial score (nSPS) is 32.8. The lowest BCUT2D eigenvalue weighted by atomic mass is 9.41. The summed E-state index contributed by atoms with van der Waals surface area (Å²) in [6.45, 7) is 14.6. The van der Waals surface area contributed by atoms with E-state index in [4.69, 9.17) is 13.9 Å². The van der Waals surface area contributed by atoms with Crippen molar-refractivity contribution >= 4 is 37.7 Å². The second-order valence-electron chi connectivity index (χ2n) is 20.9. The van der Waals surface area contributed by atoms with Gasteiger partial charge in [0, 0.05) is 29.8 Å². The van der Waals surface area contributed by atoms with E-state index in [1.807, 2.05) is 42.5 Å². The smallest absolute Gasteiger partial charge is 0.261 e. The molecule has 0 aliphatic heterocycles. The van der Waals surface area contributed by atoms with Crippen molar-refractivity contribution in [3.05, 3.63) is 121 Å². The van der Waals surface area contributed by atoms with Crippen molar-refractivity contribution in [2.75, 3.05) is 20.3 Å². The monoisotopic (exact) mass is 860 g/mol. The minimum atomic E-state index is -2.90. The Morgan fingerprint density at radius 3 is 1.93 bits per heavy atom. The zero-order valence-corrected chi connectivity index (χ0v) is 39.3. The first kappa shape index (κ1) is 44.2. The Morgan fingerprint density at radius 1 is 0.803 bits per heavy atom. The number of benzene rings is 4. The van der Waals surface area contributed by atoms with Crippen LogP contribution in [0.25, 0.3) is 0 Å². The van der Waals surface area contributed by atoms with Crippen LogP contribution in [-0.4, -0.2) is 75.6 Å². The molecule has 0 spiro atoms. The van der Waals surface area contributed by atoms with Crippen LogP contribution in [0.5, 0.6) is 5.75 Å². The number of hydrogen-bond acceptors (Lipinski definition) is 7. The van der Waals surface area contributed by atoms with Crippen LogP contribution in [0, 0.1) is 34.5 Å². The van der Waals surface area contributed by atoms with Crippen LogP contribution in [0.4, 0.5) is 0 Å². The number of Topliss-reactive ketones (excluding diaryl/α,β-unsaturated/α-hetero) is 1. The zero-order valence-electron chi connectivity index (χ0n) is 37.3. The Balaban J connectivity index is 1.14. The molecule has 3 N–H and O–H groups in total. The highest BCUT2D eigenvalue weighted by Gasteiger charge is 2.74. The van der Waals surface area contributed by atoms with Gasteiger partial charge in [0.2, 0.25) is 0 Å². The molecule has 4 aromatic carbocycles. The molecule has 8 rings (SSSR count). The van der Waals surface area contributed by atoms with Gasteiger partial charge in [0.1, 0.15) is 11.5 Å². The molecule has 326 valence electrons. The second-order valence-corrected chi connectivity index (χ2v) is 30.1. The lowest BCUT2D eigenvalue weighted by Crippen LogP contribution is -2.73. The van der Waals surface area contributed by atoms with Gasteiger partial charge >= 0.3 is 0 Å². The molecule has 10 atom stereocenters. The summed E-state index contributed by atoms with van der Waals surface area (Å²) in [6, 6.07) is 39.7. The molecule has 0 bridgehead atoms. The van der Waals surface area contributed by atoms with Crippen molar-refractivity contribution in [3.63, 3.8) is 0 Å². The van der Waals surface area contributed by atoms with E-state index in [0.29, 0.717) is 38.9 Å². The fraction of sp³-hybridized carbons (Fsp3) is 0.519. The minimum Gasteiger partial charge on any atom is -0.497 e. The van der Waals surface area contributed by atoms with Gasteiger partial charge in [-0.15, -0.1) is 0 Å². The Kier molecular flexibility index (Phi) is 12.0. The summed E-state index contributed by atoms with van der Waals surface area (Å²) in [4.78, 5) is 15.1. The van der Waals surface area contributed by atoms with Crippen molar-refractivity contribution in [3.8, 4) is 5.75 Å². The molecule has 4 saturated carbocycles. The fourth-order valence-corrected chi connectivity index (χ4v) is 21.1. The summed E-state index contributed by atoms with van der Waals surface area (Å²) < 4.78 is 19.6. The first-order valence-electron chi connectivity index (χ1n) is 22.7. The van der Waals surface area contributed by atoms with E-state index < -0.39 is 56.9 Å². The average molecular weight is 861 g/mol. The third kappa shape index (κ3) is 7.24. The van der Waals surface area contributed by atoms with Gasteiger partial charge in [-0.1, -0.05) is 149 Å². The largest absolute Gasteiger partial charge is 0.497 e. The number of methoxy groups -OCH3 is 1. The van der Waals surface area contributed by atoms with E-state index in [1.165, 1.54) is 15.6 Å². The van der Waals surface area contributed by atoms with Crippen molar-refractivity contribution < 1.29 is 34.0 Å². The second kappa shape index (κ2) is 16.6. The van der Waals surface area contributed by atoms with E-state index in [9.17, 15) is 15.3 Å². The summed E-state index contributed by atoms with van der Waals surface area (Å²) in [6.07, 6.45) is 1.31. The lowest BCUT2D eigenvalue weighted by molar-refractivity contribution is -0.262. The molecule has 0 unspecified atom stereocenters. The summed E-state index contributed by atoms with van der Waals surface area (Å²) in [7, 11) is -3.35. The Bertz CT molecular complexity index is 2090. The van der Waals surface area contributed by atoms with Crippen LogP contribution >= 0.6 is 0 Å². The van der Waals surface area contributed by atoms with E-state index in [1.54, 1.807) is 7.11 Å². The maximum atomic E-state index is 15.1. The average Bonchev–Trinajstić information content (AvgIpc) is 3.51. The number of ketones is 1. The molecular weight excluding hydrogens is 793 g/mol. The molecule has 0 aromatic heterocycles. The molecule has 4 aliphatic carbocycles. The number of fused-ring (bicyclic) bond motifs is 5. The van der Waals surface area contributed by atoms with Gasteiger partial charge in [0.15, 0.2) is 0 Å². The SMILES string of the molecule is COc1ccc(COC[C@]23[C@H](CC(=O)[C@@H]4[C@@H]2[C@H](O)C[C@]2(C)[C@@H](CO[Si](c5ccccc5)(c5ccccc5)C(C)(C)C)CC[C@]42O)C[C@@H]([Si](C)(C)c2ccccc2)C[C@H]3O)cc1. The van der Waals surface area contributed by atoms with Gasteiger partial charge in [-0.3, -0.25) is 4.79 Å². The van der Waals surface area contributed by atoms with Crippen LogP contribution in [0.2, 0.25) is 23.7 Å². The molecule has 61 heavy (non-hydrogen) atoms. The van der Waals surface area contributed by atoms with Crippen LogP contribution in [0.1, 0.15) is 71.8 Å². The zero-order chi connectivity index (χ0) is 43.4. The maximum Gasteiger partial charge on any atom is 0.261 e. The fourth-order valence-electron chi connectivity index (χ4n) is 13.3. The predicted octanol–water partition coefficient (Wildman–Crippen LogP) is 7.65. The van der Waals surface area contributed by atoms with E-state index >= 15 is 4.79 Å². The van der Waals surface area contributed by atoms with Gasteiger partial charge in [-0.25, -0.2) is 0 Å².